The lowest BCUT2D eigenvalue weighted by atomic mass is 10.1. The molecule has 0 unspecified atom stereocenters. The van der Waals surface area contributed by atoms with Crippen molar-refractivity contribution in [3.8, 4) is 0 Å². The van der Waals surface area contributed by atoms with Gasteiger partial charge in [-0.2, -0.15) is 0 Å². The Morgan fingerprint density at radius 2 is 1.84 bits per heavy atom. The van der Waals surface area contributed by atoms with Gasteiger partial charge in [0.25, 0.3) is 0 Å². The van der Waals surface area contributed by atoms with Gasteiger partial charge in [0.2, 0.25) is 0 Å². The largest absolute Gasteiger partial charge is 0.344 e. The molecule has 0 radical (unpaired) electrons. The Morgan fingerprint density at radius 3 is 2.53 bits per heavy atom. The van der Waals surface area contributed by atoms with E-state index in [2.05, 4.69) is 82.6 Å². The molecule has 2 aromatic carbocycles. The maximum atomic E-state index is 3.55. The first kappa shape index (κ1) is 14.1. The van der Waals surface area contributed by atoms with Gasteiger partial charge < -0.3 is 10.2 Å². The second kappa shape index (κ2) is 6.73. The fourth-order valence-corrected chi connectivity index (χ4v) is 2.48. The number of rotatable bonds is 5. The van der Waals surface area contributed by atoms with Crippen molar-refractivity contribution < 1.29 is 0 Å². The molecule has 0 saturated heterocycles. The van der Waals surface area contributed by atoms with Gasteiger partial charge in [-0.15, -0.1) is 0 Å². The van der Waals surface area contributed by atoms with Crippen LogP contribution >= 0.6 is 15.9 Å². The molecule has 0 aliphatic heterocycles. The molecule has 0 amide bonds. The molecule has 0 aliphatic carbocycles. The number of benzene rings is 2. The molecule has 19 heavy (non-hydrogen) atoms. The van der Waals surface area contributed by atoms with E-state index in [1.165, 1.54) is 16.9 Å². The molecular weight excluding hydrogens is 300 g/mol. The lowest BCUT2D eigenvalue weighted by Crippen LogP contribution is -2.17. The highest BCUT2D eigenvalue weighted by Gasteiger charge is 2.09. The fraction of sp³-hybridized carbons (Fsp3) is 0.250. The van der Waals surface area contributed by atoms with Crippen molar-refractivity contribution in [2.45, 2.75) is 13.5 Å². The van der Waals surface area contributed by atoms with E-state index in [1.54, 1.807) is 0 Å². The third-order valence-electron chi connectivity index (χ3n) is 3.11. The molecule has 0 spiro atoms. The van der Waals surface area contributed by atoms with Gasteiger partial charge in [-0.3, -0.25) is 0 Å². The van der Waals surface area contributed by atoms with E-state index in [0.717, 1.165) is 17.6 Å². The molecule has 0 heterocycles. The minimum atomic E-state index is 0.877. The summed E-state index contributed by atoms with van der Waals surface area (Å²) in [6, 6.07) is 16.8. The zero-order valence-electron chi connectivity index (χ0n) is 11.4. The van der Waals surface area contributed by atoms with Crippen LogP contribution in [-0.2, 0) is 6.54 Å². The van der Waals surface area contributed by atoms with E-state index < -0.39 is 0 Å². The third kappa shape index (κ3) is 3.58. The first-order valence-corrected chi connectivity index (χ1v) is 7.29. The summed E-state index contributed by atoms with van der Waals surface area (Å²) in [5.74, 6) is 0. The van der Waals surface area contributed by atoms with Gasteiger partial charge in [-0.25, -0.2) is 0 Å². The topological polar surface area (TPSA) is 15.3 Å². The lowest BCUT2D eigenvalue weighted by molar-refractivity contribution is 0.726. The molecule has 0 bridgehead atoms. The Morgan fingerprint density at radius 1 is 1.11 bits per heavy atom. The highest BCUT2D eigenvalue weighted by atomic mass is 79.9. The Kier molecular flexibility index (Phi) is 5.00. The second-order valence-electron chi connectivity index (χ2n) is 4.45. The molecule has 2 rings (SSSR count). The zero-order chi connectivity index (χ0) is 13.7. The minimum Gasteiger partial charge on any atom is -0.344 e. The summed E-state index contributed by atoms with van der Waals surface area (Å²) < 4.78 is 1.12. The predicted molar refractivity (Wildman–Crippen MR) is 86.0 cm³/mol. The highest BCUT2D eigenvalue weighted by Crippen LogP contribution is 2.29. The van der Waals surface area contributed by atoms with Crippen molar-refractivity contribution in [3.05, 3.63) is 58.6 Å². The van der Waals surface area contributed by atoms with Crippen LogP contribution in [0.1, 0.15) is 12.5 Å². The van der Waals surface area contributed by atoms with E-state index in [9.17, 15) is 0 Å². The molecule has 1 N–H and O–H groups in total. The van der Waals surface area contributed by atoms with Gasteiger partial charge in [-0.1, -0.05) is 41.1 Å². The molecule has 0 fully saturated rings. The van der Waals surface area contributed by atoms with E-state index >= 15 is 0 Å². The minimum absolute atomic E-state index is 0.877. The number of hydrogen-bond donors (Lipinski definition) is 1. The summed E-state index contributed by atoms with van der Waals surface area (Å²) in [4.78, 5) is 2.22. The molecule has 3 heteroatoms. The molecular formula is C16H19BrN2. The summed E-state index contributed by atoms with van der Waals surface area (Å²) in [6.45, 7) is 3.97. The van der Waals surface area contributed by atoms with Crippen LogP contribution in [0.25, 0.3) is 0 Å². The predicted octanol–water partition coefficient (Wildman–Crippen LogP) is 4.33. The maximum Gasteiger partial charge on any atom is 0.0454 e. The fourth-order valence-electron chi connectivity index (χ4n) is 2.07. The molecule has 0 saturated carbocycles. The lowest BCUT2D eigenvalue weighted by Gasteiger charge is -2.23. The van der Waals surface area contributed by atoms with E-state index in [1.807, 2.05) is 6.07 Å². The average Bonchev–Trinajstić information content (AvgIpc) is 2.45. The Labute approximate surface area is 123 Å². The number of nitrogens with zero attached hydrogens (tertiary/aromatic N) is 1. The van der Waals surface area contributed by atoms with Crippen LogP contribution in [0.5, 0.6) is 0 Å². The van der Waals surface area contributed by atoms with Crippen LogP contribution in [-0.4, -0.2) is 13.6 Å². The van der Waals surface area contributed by atoms with Gasteiger partial charge in [0, 0.05) is 29.4 Å². The maximum absolute atomic E-state index is 3.55. The van der Waals surface area contributed by atoms with Gasteiger partial charge in [0.1, 0.15) is 0 Å². The van der Waals surface area contributed by atoms with Crippen molar-refractivity contribution in [3.63, 3.8) is 0 Å². The SMILES string of the molecule is CCNCc1cc(Br)ccc1N(C)c1ccccc1. The van der Waals surface area contributed by atoms with Crippen LogP contribution in [0.2, 0.25) is 0 Å². The van der Waals surface area contributed by atoms with Crippen LogP contribution in [0.3, 0.4) is 0 Å². The summed E-state index contributed by atoms with van der Waals surface area (Å²) in [5.41, 5.74) is 3.72. The number of halogens is 1. The van der Waals surface area contributed by atoms with E-state index in [-0.39, 0.29) is 0 Å². The van der Waals surface area contributed by atoms with Crippen LogP contribution < -0.4 is 10.2 Å². The van der Waals surface area contributed by atoms with E-state index in [0.29, 0.717) is 0 Å². The van der Waals surface area contributed by atoms with Gasteiger partial charge in [0.05, 0.1) is 0 Å². The van der Waals surface area contributed by atoms with Crippen molar-refractivity contribution in [2.75, 3.05) is 18.5 Å². The number of hydrogen-bond acceptors (Lipinski definition) is 2. The Bertz CT molecular complexity index is 526. The van der Waals surface area contributed by atoms with E-state index in [4.69, 9.17) is 0 Å². The van der Waals surface area contributed by atoms with Crippen molar-refractivity contribution in [2.24, 2.45) is 0 Å². The third-order valence-corrected chi connectivity index (χ3v) is 3.61. The smallest absolute Gasteiger partial charge is 0.0454 e. The van der Waals surface area contributed by atoms with Crippen molar-refractivity contribution in [1.82, 2.24) is 5.32 Å². The Hall–Kier alpha value is -1.32. The first-order valence-electron chi connectivity index (χ1n) is 6.50. The van der Waals surface area contributed by atoms with Crippen molar-refractivity contribution in [1.29, 1.82) is 0 Å². The normalized spacial score (nSPS) is 10.5. The summed E-state index contributed by atoms with van der Waals surface area (Å²) in [7, 11) is 2.11. The van der Waals surface area contributed by atoms with Crippen LogP contribution in [0.4, 0.5) is 11.4 Å². The summed E-state index contributed by atoms with van der Waals surface area (Å²) in [6.07, 6.45) is 0. The summed E-state index contributed by atoms with van der Waals surface area (Å²) in [5, 5.41) is 3.39. The van der Waals surface area contributed by atoms with Crippen LogP contribution in [0, 0.1) is 0 Å². The molecule has 100 valence electrons. The number of para-hydroxylation sites is 1. The van der Waals surface area contributed by atoms with Gasteiger partial charge in [0.15, 0.2) is 0 Å². The zero-order valence-corrected chi connectivity index (χ0v) is 12.9. The first-order chi connectivity index (χ1) is 9.22. The molecule has 0 aromatic heterocycles. The van der Waals surface area contributed by atoms with Gasteiger partial charge >= 0.3 is 0 Å². The quantitative estimate of drug-likeness (QED) is 0.882. The molecule has 0 aliphatic rings. The highest BCUT2D eigenvalue weighted by molar-refractivity contribution is 9.10. The summed E-state index contributed by atoms with van der Waals surface area (Å²) >= 11 is 3.55. The van der Waals surface area contributed by atoms with Crippen LogP contribution in [0.15, 0.2) is 53.0 Å². The van der Waals surface area contributed by atoms with Gasteiger partial charge in [-0.05, 0) is 42.4 Å². The standard InChI is InChI=1S/C16H19BrN2/c1-3-18-12-13-11-14(17)9-10-16(13)19(2)15-7-5-4-6-8-15/h4-11,18H,3,12H2,1-2H3. The molecule has 2 nitrogen and oxygen atoms in total. The monoisotopic (exact) mass is 318 g/mol. The molecule has 2 aromatic rings. The Balaban J connectivity index is 2.32. The number of anilines is 2. The second-order valence-corrected chi connectivity index (χ2v) is 5.36. The van der Waals surface area contributed by atoms with Crippen molar-refractivity contribution >= 4 is 27.3 Å². The number of nitrogens with one attached hydrogen (secondary N) is 1. The average molecular weight is 319 g/mol. The molecule has 0 atom stereocenters.